The Hall–Kier alpha value is -2.37. The molecule has 5 heteroatoms. The highest BCUT2D eigenvalue weighted by Gasteiger charge is 2.45. The quantitative estimate of drug-likeness (QED) is 0.607. The van der Waals surface area contributed by atoms with Crippen molar-refractivity contribution in [1.29, 1.82) is 0 Å². The van der Waals surface area contributed by atoms with E-state index in [4.69, 9.17) is 14.2 Å². The van der Waals surface area contributed by atoms with E-state index in [1.54, 1.807) is 0 Å². The van der Waals surface area contributed by atoms with Crippen LogP contribution in [-0.4, -0.2) is 48.3 Å². The van der Waals surface area contributed by atoms with Crippen molar-refractivity contribution in [2.75, 3.05) is 19.7 Å². The Labute approximate surface area is 191 Å². The first-order chi connectivity index (χ1) is 15.5. The molecule has 32 heavy (non-hydrogen) atoms. The molecule has 0 unspecified atom stereocenters. The lowest BCUT2D eigenvalue weighted by Crippen LogP contribution is -2.52. The molecule has 2 fully saturated rings. The highest BCUT2D eigenvalue weighted by Crippen LogP contribution is 2.44. The molecule has 0 saturated carbocycles. The zero-order chi connectivity index (χ0) is 22.6. The van der Waals surface area contributed by atoms with Crippen LogP contribution in [-0.2, 0) is 9.47 Å². The molecule has 4 rings (SSSR count). The fourth-order valence-corrected chi connectivity index (χ4v) is 4.97. The lowest BCUT2D eigenvalue weighted by Gasteiger charge is -2.48. The van der Waals surface area contributed by atoms with Gasteiger partial charge in [0.15, 0.2) is 0 Å². The number of ether oxygens (including phenoxy) is 3. The van der Waals surface area contributed by atoms with Crippen molar-refractivity contribution in [3.05, 3.63) is 65.7 Å². The van der Waals surface area contributed by atoms with Crippen LogP contribution in [0.15, 0.2) is 54.6 Å². The van der Waals surface area contributed by atoms with Gasteiger partial charge in [0.1, 0.15) is 5.75 Å². The maximum absolute atomic E-state index is 13.2. The molecule has 0 radical (unpaired) electrons. The second kappa shape index (κ2) is 10.1. The molecular formula is C27H35NO4. The van der Waals surface area contributed by atoms with Gasteiger partial charge in [0.25, 0.3) is 5.91 Å². The van der Waals surface area contributed by atoms with Crippen LogP contribution in [0, 0.1) is 0 Å². The van der Waals surface area contributed by atoms with Crippen LogP contribution < -0.4 is 4.74 Å². The average molecular weight is 438 g/mol. The van der Waals surface area contributed by atoms with E-state index in [0.29, 0.717) is 25.3 Å². The maximum Gasteiger partial charge on any atom is 0.253 e. The van der Waals surface area contributed by atoms with E-state index in [0.717, 1.165) is 31.4 Å². The molecule has 2 aromatic carbocycles. The van der Waals surface area contributed by atoms with Crippen molar-refractivity contribution >= 4 is 5.91 Å². The molecule has 2 heterocycles. The molecule has 0 aromatic heterocycles. The molecule has 1 spiro atoms. The monoisotopic (exact) mass is 437 g/mol. The van der Waals surface area contributed by atoms with E-state index >= 15 is 0 Å². The molecule has 5 nitrogen and oxygen atoms in total. The number of benzene rings is 2. The Bertz CT molecular complexity index is 890. The minimum Gasteiger partial charge on any atom is -0.491 e. The van der Waals surface area contributed by atoms with Gasteiger partial charge in [0.2, 0.25) is 0 Å². The van der Waals surface area contributed by atoms with Crippen molar-refractivity contribution in [3.8, 4) is 5.75 Å². The molecule has 1 amide bonds. The Morgan fingerprint density at radius 1 is 1.12 bits per heavy atom. The van der Waals surface area contributed by atoms with E-state index in [9.17, 15) is 4.79 Å². The number of carbonyl (C=O) groups excluding carboxylic acids is 1. The SMILES string of the molecule is CCO[C@H]1C[C@@H](c2ccccc2)OC2(CCN(C(=O)c3cccc(OC(C)C)c3)CC2)C1. The number of nitrogens with zero attached hydrogens (tertiary/aromatic N) is 1. The summed E-state index contributed by atoms with van der Waals surface area (Å²) < 4.78 is 18.6. The highest BCUT2D eigenvalue weighted by molar-refractivity contribution is 5.94. The van der Waals surface area contributed by atoms with Gasteiger partial charge in [-0.2, -0.15) is 0 Å². The van der Waals surface area contributed by atoms with Crippen molar-refractivity contribution in [3.63, 3.8) is 0 Å². The summed E-state index contributed by atoms with van der Waals surface area (Å²) in [4.78, 5) is 15.1. The summed E-state index contributed by atoms with van der Waals surface area (Å²) >= 11 is 0. The summed E-state index contributed by atoms with van der Waals surface area (Å²) in [5.74, 6) is 0.797. The topological polar surface area (TPSA) is 48.0 Å². The standard InChI is InChI=1S/C27H35NO4/c1-4-30-24-18-25(21-9-6-5-7-10-21)32-27(19-24)13-15-28(16-14-27)26(29)22-11-8-12-23(17-22)31-20(2)3/h5-12,17,20,24-25H,4,13-16,18-19H2,1-3H3/t24-,25-/m0/s1. The van der Waals surface area contributed by atoms with Gasteiger partial charge < -0.3 is 19.1 Å². The third-order valence-electron chi connectivity index (χ3n) is 6.46. The molecule has 0 aliphatic carbocycles. The number of likely N-dealkylation sites (tertiary alicyclic amines) is 1. The second-order valence-electron chi connectivity index (χ2n) is 9.20. The number of rotatable bonds is 6. The summed E-state index contributed by atoms with van der Waals surface area (Å²) in [6.07, 6.45) is 3.73. The largest absolute Gasteiger partial charge is 0.491 e. The van der Waals surface area contributed by atoms with Gasteiger partial charge in [-0.25, -0.2) is 0 Å². The van der Waals surface area contributed by atoms with Crippen LogP contribution in [0.5, 0.6) is 5.75 Å². The molecular weight excluding hydrogens is 402 g/mol. The van der Waals surface area contributed by atoms with Crippen LogP contribution >= 0.6 is 0 Å². The first kappa shape index (κ1) is 22.8. The van der Waals surface area contributed by atoms with Crippen molar-refractivity contribution in [1.82, 2.24) is 4.90 Å². The van der Waals surface area contributed by atoms with Crippen molar-refractivity contribution < 1.29 is 19.0 Å². The van der Waals surface area contributed by atoms with E-state index < -0.39 is 0 Å². The number of piperidine rings is 1. The van der Waals surface area contributed by atoms with E-state index in [-0.39, 0.29) is 29.8 Å². The number of amides is 1. The fraction of sp³-hybridized carbons (Fsp3) is 0.519. The minimum absolute atomic E-state index is 0.0358. The number of hydrogen-bond acceptors (Lipinski definition) is 4. The lowest BCUT2D eigenvalue weighted by molar-refractivity contribution is -0.190. The summed E-state index contributed by atoms with van der Waals surface area (Å²) in [6.45, 7) is 8.12. The zero-order valence-electron chi connectivity index (χ0n) is 19.5. The summed E-state index contributed by atoms with van der Waals surface area (Å²) in [5, 5.41) is 0. The third kappa shape index (κ3) is 5.33. The summed E-state index contributed by atoms with van der Waals surface area (Å²) in [5.41, 5.74) is 1.65. The second-order valence-corrected chi connectivity index (χ2v) is 9.20. The van der Waals surface area contributed by atoms with Gasteiger partial charge in [-0.05, 0) is 57.4 Å². The van der Waals surface area contributed by atoms with Crippen LogP contribution in [0.4, 0.5) is 0 Å². The van der Waals surface area contributed by atoms with Crippen molar-refractivity contribution in [2.45, 2.75) is 70.4 Å². The Morgan fingerprint density at radius 2 is 1.88 bits per heavy atom. The van der Waals surface area contributed by atoms with Crippen LogP contribution in [0.2, 0.25) is 0 Å². The lowest BCUT2D eigenvalue weighted by atomic mass is 9.80. The predicted octanol–water partition coefficient (Wildman–Crippen LogP) is 5.41. The predicted molar refractivity (Wildman–Crippen MR) is 125 cm³/mol. The van der Waals surface area contributed by atoms with E-state index in [1.807, 2.05) is 49.1 Å². The van der Waals surface area contributed by atoms with Crippen molar-refractivity contribution in [2.24, 2.45) is 0 Å². The minimum atomic E-state index is -0.238. The molecule has 2 saturated heterocycles. The molecule has 2 atom stereocenters. The van der Waals surface area contributed by atoms with Crippen LogP contribution in [0.25, 0.3) is 0 Å². The Kier molecular flexibility index (Phi) is 7.17. The molecule has 2 aliphatic heterocycles. The number of hydrogen-bond donors (Lipinski definition) is 0. The first-order valence-electron chi connectivity index (χ1n) is 11.9. The smallest absolute Gasteiger partial charge is 0.253 e. The van der Waals surface area contributed by atoms with Gasteiger partial charge in [0, 0.05) is 38.1 Å². The maximum atomic E-state index is 13.2. The molecule has 2 aliphatic rings. The fourth-order valence-electron chi connectivity index (χ4n) is 4.97. The summed E-state index contributed by atoms with van der Waals surface area (Å²) in [6, 6.07) is 17.9. The summed E-state index contributed by atoms with van der Waals surface area (Å²) in [7, 11) is 0. The van der Waals surface area contributed by atoms with Gasteiger partial charge >= 0.3 is 0 Å². The van der Waals surface area contributed by atoms with Gasteiger partial charge in [0.05, 0.1) is 23.9 Å². The Balaban J connectivity index is 1.44. The van der Waals surface area contributed by atoms with Gasteiger partial charge in [-0.3, -0.25) is 4.79 Å². The first-order valence-corrected chi connectivity index (χ1v) is 11.9. The van der Waals surface area contributed by atoms with E-state index in [1.165, 1.54) is 5.56 Å². The molecule has 172 valence electrons. The zero-order valence-corrected chi connectivity index (χ0v) is 19.5. The Morgan fingerprint density at radius 3 is 2.56 bits per heavy atom. The molecule has 0 N–H and O–H groups in total. The van der Waals surface area contributed by atoms with E-state index in [2.05, 4.69) is 31.2 Å². The molecule has 2 aromatic rings. The normalized spacial score (nSPS) is 22.8. The highest BCUT2D eigenvalue weighted by atomic mass is 16.5. The average Bonchev–Trinajstić information content (AvgIpc) is 2.79. The molecule has 0 bridgehead atoms. The van der Waals surface area contributed by atoms with Crippen LogP contribution in [0.1, 0.15) is 68.5 Å². The van der Waals surface area contributed by atoms with Gasteiger partial charge in [-0.1, -0.05) is 36.4 Å². The number of carbonyl (C=O) groups is 1. The van der Waals surface area contributed by atoms with Crippen LogP contribution in [0.3, 0.4) is 0 Å². The van der Waals surface area contributed by atoms with Gasteiger partial charge in [-0.15, -0.1) is 0 Å². The third-order valence-corrected chi connectivity index (χ3v) is 6.46.